The molecule has 0 aliphatic heterocycles. The molecule has 1 heterocycles. The third kappa shape index (κ3) is 3.99. The first-order valence-corrected chi connectivity index (χ1v) is 8.18. The molecule has 0 aliphatic rings. The van der Waals surface area contributed by atoms with Crippen LogP contribution in [0.15, 0.2) is 58.2 Å². The Labute approximate surface area is 142 Å². The molecule has 0 saturated carbocycles. The molecule has 2 aromatic carbocycles. The minimum Gasteiger partial charge on any atom is -0.411 e. The summed E-state index contributed by atoms with van der Waals surface area (Å²) in [5.74, 6) is -0.409. The summed E-state index contributed by atoms with van der Waals surface area (Å²) in [6.07, 6.45) is 0. The molecule has 0 unspecified atom stereocenters. The van der Waals surface area contributed by atoms with Gasteiger partial charge in [0.2, 0.25) is 5.91 Å². The quantitative estimate of drug-likeness (QED) is 0.711. The molecule has 7 heteroatoms. The highest BCUT2D eigenvalue weighted by Crippen LogP contribution is 2.25. The zero-order chi connectivity index (χ0) is 16.9. The Balaban J connectivity index is 1.59. The van der Waals surface area contributed by atoms with Crippen molar-refractivity contribution in [3.05, 3.63) is 59.9 Å². The maximum Gasteiger partial charge on any atom is 0.277 e. The van der Waals surface area contributed by atoms with Crippen LogP contribution in [0, 0.1) is 12.7 Å². The molecule has 0 fully saturated rings. The van der Waals surface area contributed by atoms with Crippen LogP contribution in [0.3, 0.4) is 0 Å². The zero-order valence-electron chi connectivity index (χ0n) is 12.8. The van der Waals surface area contributed by atoms with Gasteiger partial charge in [-0.3, -0.25) is 4.79 Å². The van der Waals surface area contributed by atoms with Gasteiger partial charge in [0.05, 0.1) is 11.3 Å². The molecule has 0 spiro atoms. The number of hydrogen-bond donors (Lipinski definition) is 1. The lowest BCUT2D eigenvalue weighted by Gasteiger charge is -2.04. The molecule has 0 saturated heterocycles. The van der Waals surface area contributed by atoms with Crippen LogP contribution in [0.2, 0.25) is 0 Å². The fraction of sp³-hybridized carbons (Fsp3) is 0.118. The van der Waals surface area contributed by atoms with Crippen molar-refractivity contribution in [2.24, 2.45) is 0 Å². The van der Waals surface area contributed by atoms with E-state index in [0.29, 0.717) is 0 Å². The lowest BCUT2D eigenvalue weighted by atomic mass is 10.2. The van der Waals surface area contributed by atoms with Gasteiger partial charge in [-0.15, -0.1) is 10.2 Å². The molecule has 0 atom stereocenters. The van der Waals surface area contributed by atoms with E-state index in [9.17, 15) is 9.18 Å². The van der Waals surface area contributed by atoms with Gasteiger partial charge < -0.3 is 9.73 Å². The number of nitrogens with one attached hydrogen (secondary N) is 1. The largest absolute Gasteiger partial charge is 0.411 e. The summed E-state index contributed by atoms with van der Waals surface area (Å²) in [7, 11) is 0. The van der Waals surface area contributed by atoms with E-state index in [2.05, 4.69) is 15.5 Å². The predicted molar refractivity (Wildman–Crippen MR) is 90.2 cm³/mol. The standard InChI is InChI=1S/C17H14FN3O2S/c1-11-5-4-6-12(9-11)19-15(22)10-24-17-21-20-16(23-17)13-7-2-3-8-14(13)18/h2-9H,10H2,1H3,(H,19,22). The number of aryl methyl sites for hydroxylation is 1. The second kappa shape index (κ2) is 7.27. The minimum atomic E-state index is -0.435. The average molecular weight is 343 g/mol. The van der Waals surface area contributed by atoms with E-state index >= 15 is 0 Å². The Morgan fingerprint density at radius 2 is 2.04 bits per heavy atom. The molecule has 122 valence electrons. The van der Waals surface area contributed by atoms with Crippen LogP contribution in [-0.2, 0) is 4.79 Å². The third-order valence-corrected chi connectivity index (χ3v) is 3.96. The first-order chi connectivity index (χ1) is 11.6. The van der Waals surface area contributed by atoms with Crippen LogP contribution in [0.5, 0.6) is 0 Å². The molecule has 3 rings (SSSR count). The number of rotatable bonds is 5. The highest BCUT2D eigenvalue weighted by molar-refractivity contribution is 7.99. The number of thioether (sulfide) groups is 1. The smallest absolute Gasteiger partial charge is 0.277 e. The molecule has 1 aromatic heterocycles. The second-order valence-corrected chi connectivity index (χ2v) is 5.99. The van der Waals surface area contributed by atoms with Gasteiger partial charge in [0, 0.05) is 5.69 Å². The Morgan fingerprint density at radius 1 is 1.21 bits per heavy atom. The van der Waals surface area contributed by atoms with Crippen LogP contribution in [0.1, 0.15) is 5.56 Å². The highest BCUT2D eigenvalue weighted by Gasteiger charge is 2.14. The van der Waals surface area contributed by atoms with Crippen LogP contribution in [0.25, 0.3) is 11.5 Å². The van der Waals surface area contributed by atoms with Gasteiger partial charge in [-0.1, -0.05) is 36.0 Å². The molecule has 1 amide bonds. The van der Waals surface area contributed by atoms with E-state index in [-0.39, 0.29) is 28.3 Å². The molecule has 0 aliphatic carbocycles. The van der Waals surface area contributed by atoms with Crippen molar-refractivity contribution in [2.45, 2.75) is 12.1 Å². The molecule has 0 radical (unpaired) electrons. The Morgan fingerprint density at radius 3 is 2.83 bits per heavy atom. The van der Waals surface area contributed by atoms with Crippen LogP contribution < -0.4 is 5.32 Å². The molecule has 3 aromatic rings. The Bertz CT molecular complexity index is 866. The van der Waals surface area contributed by atoms with Crippen LogP contribution in [-0.4, -0.2) is 21.9 Å². The summed E-state index contributed by atoms with van der Waals surface area (Å²) < 4.78 is 19.1. The van der Waals surface area contributed by atoms with Gasteiger partial charge in [-0.2, -0.15) is 0 Å². The maximum atomic E-state index is 13.7. The number of benzene rings is 2. The monoisotopic (exact) mass is 343 g/mol. The number of aromatic nitrogens is 2. The average Bonchev–Trinajstić information content (AvgIpc) is 3.02. The van der Waals surface area contributed by atoms with Crippen molar-refractivity contribution >= 4 is 23.4 Å². The summed E-state index contributed by atoms with van der Waals surface area (Å²) in [5.41, 5.74) is 2.03. The SMILES string of the molecule is Cc1cccc(NC(=O)CSc2nnc(-c3ccccc3F)o2)c1. The summed E-state index contributed by atoms with van der Waals surface area (Å²) in [5, 5.41) is 10.6. The van der Waals surface area contributed by atoms with Crippen LogP contribution in [0.4, 0.5) is 10.1 Å². The molecular formula is C17H14FN3O2S. The molecule has 0 bridgehead atoms. The third-order valence-electron chi connectivity index (χ3n) is 3.14. The van der Waals surface area contributed by atoms with Crippen LogP contribution >= 0.6 is 11.8 Å². The van der Waals surface area contributed by atoms with Gasteiger partial charge in [0.25, 0.3) is 11.1 Å². The van der Waals surface area contributed by atoms with E-state index in [4.69, 9.17) is 4.42 Å². The summed E-state index contributed by atoms with van der Waals surface area (Å²) in [4.78, 5) is 11.9. The maximum absolute atomic E-state index is 13.7. The Kier molecular flexibility index (Phi) is 4.90. The summed E-state index contributed by atoms with van der Waals surface area (Å²) in [6, 6.07) is 13.7. The van der Waals surface area contributed by atoms with Crippen molar-refractivity contribution in [2.75, 3.05) is 11.1 Å². The highest BCUT2D eigenvalue weighted by atomic mass is 32.2. The lowest BCUT2D eigenvalue weighted by Crippen LogP contribution is -2.13. The number of amides is 1. The molecule has 24 heavy (non-hydrogen) atoms. The number of anilines is 1. The number of nitrogens with zero attached hydrogens (tertiary/aromatic N) is 2. The first-order valence-electron chi connectivity index (χ1n) is 7.19. The predicted octanol–water partition coefficient (Wildman–Crippen LogP) is 3.91. The van der Waals surface area contributed by atoms with E-state index in [1.807, 2.05) is 31.2 Å². The minimum absolute atomic E-state index is 0.0923. The van der Waals surface area contributed by atoms with Crippen molar-refractivity contribution in [1.82, 2.24) is 10.2 Å². The number of hydrogen-bond acceptors (Lipinski definition) is 5. The van der Waals surface area contributed by atoms with E-state index < -0.39 is 5.82 Å². The normalized spacial score (nSPS) is 10.6. The lowest BCUT2D eigenvalue weighted by molar-refractivity contribution is -0.113. The number of carbonyl (C=O) groups excluding carboxylic acids is 1. The fourth-order valence-electron chi connectivity index (χ4n) is 2.06. The van der Waals surface area contributed by atoms with Crippen molar-refractivity contribution in [3.8, 4) is 11.5 Å². The van der Waals surface area contributed by atoms with Gasteiger partial charge in [0.15, 0.2) is 0 Å². The first kappa shape index (κ1) is 16.2. The van der Waals surface area contributed by atoms with E-state index in [1.165, 1.54) is 6.07 Å². The van der Waals surface area contributed by atoms with Gasteiger partial charge >= 0.3 is 0 Å². The molecular weight excluding hydrogens is 329 g/mol. The number of halogens is 1. The second-order valence-electron chi connectivity index (χ2n) is 5.06. The van der Waals surface area contributed by atoms with Crippen molar-refractivity contribution in [1.29, 1.82) is 0 Å². The van der Waals surface area contributed by atoms with Gasteiger partial charge in [-0.25, -0.2) is 4.39 Å². The van der Waals surface area contributed by atoms with E-state index in [1.54, 1.807) is 18.2 Å². The van der Waals surface area contributed by atoms with Crippen molar-refractivity contribution in [3.63, 3.8) is 0 Å². The van der Waals surface area contributed by atoms with Crippen molar-refractivity contribution < 1.29 is 13.6 Å². The summed E-state index contributed by atoms with van der Waals surface area (Å²) >= 11 is 1.10. The van der Waals surface area contributed by atoms with Gasteiger partial charge in [0.1, 0.15) is 5.82 Å². The topological polar surface area (TPSA) is 68.0 Å². The summed E-state index contributed by atoms with van der Waals surface area (Å²) in [6.45, 7) is 1.95. The zero-order valence-corrected chi connectivity index (χ0v) is 13.6. The van der Waals surface area contributed by atoms with Gasteiger partial charge in [-0.05, 0) is 36.8 Å². The van der Waals surface area contributed by atoms with E-state index in [0.717, 1.165) is 23.0 Å². The Hall–Kier alpha value is -2.67. The molecule has 1 N–H and O–H groups in total. The fourth-order valence-corrected chi connectivity index (χ4v) is 2.62. The number of carbonyl (C=O) groups is 1. The molecule has 5 nitrogen and oxygen atoms in total.